The Hall–Kier alpha value is -2.36. The van der Waals surface area contributed by atoms with Crippen molar-refractivity contribution in [3.8, 4) is 11.1 Å². The molecule has 3 rings (SSSR count). The maximum atomic E-state index is 13.8. The van der Waals surface area contributed by atoms with Gasteiger partial charge in [0.1, 0.15) is 5.82 Å². The molecule has 3 N–H and O–H groups in total. The molecule has 3 nitrogen and oxygen atoms in total. The number of aryl methyl sites for hydroxylation is 1. The maximum Gasteiger partial charge on any atom is 0.153 e. The van der Waals surface area contributed by atoms with E-state index >= 15 is 0 Å². The van der Waals surface area contributed by atoms with Crippen LogP contribution in [0.3, 0.4) is 0 Å². The van der Waals surface area contributed by atoms with Crippen molar-refractivity contribution in [2.45, 2.75) is 6.92 Å². The van der Waals surface area contributed by atoms with Crippen LogP contribution >= 0.6 is 0 Å². The largest absolute Gasteiger partial charge is 0.382 e. The summed E-state index contributed by atoms with van der Waals surface area (Å²) in [7, 11) is 0. The molecular formula is C14H12FN3. The number of nitrogen functional groups attached to an aromatic ring is 1. The Morgan fingerprint density at radius 1 is 1.17 bits per heavy atom. The van der Waals surface area contributed by atoms with Gasteiger partial charge in [0.25, 0.3) is 0 Å². The molecule has 0 saturated heterocycles. The number of nitrogens with two attached hydrogens (primary N) is 1. The van der Waals surface area contributed by atoms with Crippen LogP contribution in [-0.4, -0.2) is 10.2 Å². The average Bonchev–Trinajstić information content (AvgIpc) is 2.70. The molecule has 0 radical (unpaired) electrons. The summed E-state index contributed by atoms with van der Waals surface area (Å²) in [6.07, 6.45) is 0. The molecule has 0 saturated carbocycles. The number of H-pyrrole nitrogens is 1. The molecule has 0 fully saturated rings. The zero-order valence-electron chi connectivity index (χ0n) is 9.87. The van der Waals surface area contributed by atoms with Gasteiger partial charge in [-0.3, -0.25) is 5.10 Å². The summed E-state index contributed by atoms with van der Waals surface area (Å²) in [6.45, 7) is 1.94. The molecule has 18 heavy (non-hydrogen) atoms. The van der Waals surface area contributed by atoms with E-state index in [2.05, 4.69) is 10.2 Å². The number of halogens is 1. The van der Waals surface area contributed by atoms with Crippen molar-refractivity contribution >= 4 is 16.7 Å². The lowest BCUT2D eigenvalue weighted by molar-refractivity contribution is 0.631. The Balaban J connectivity index is 2.32. The normalized spacial score (nSPS) is 11.0. The number of rotatable bonds is 1. The first-order chi connectivity index (χ1) is 8.66. The molecule has 3 aromatic rings. The summed E-state index contributed by atoms with van der Waals surface area (Å²) >= 11 is 0. The molecule has 1 heterocycles. The fourth-order valence-electron chi connectivity index (χ4n) is 2.16. The number of aromatic amines is 1. The van der Waals surface area contributed by atoms with Crippen LogP contribution in [0, 0.1) is 12.7 Å². The third-order valence-corrected chi connectivity index (χ3v) is 3.10. The monoisotopic (exact) mass is 241 g/mol. The molecule has 4 heteroatoms. The predicted octanol–water partition coefficient (Wildman–Crippen LogP) is 3.26. The minimum absolute atomic E-state index is 0.234. The highest BCUT2D eigenvalue weighted by molar-refractivity contribution is 5.93. The fraction of sp³-hybridized carbons (Fsp3) is 0.0714. The highest BCUT2D eigenvalue weighted by Gasteiger charge is 2.11. The molecule has 0 amide bonds. The van der Waals surface area contributed by atoms with Crippen LogP contribution in [0.5, 0.6) is 0 Å². The number of hydrogen-bond acceptors (Lipinski definition) is 2. The highest BCUT2D eigenvalue weighted by atomic mass is 19.1. The van der Waals surface area contributed by atoms with Gasteiger partial charge in [-0.2, -0.15) is 5.10 Å². The summed E-state index contributed by atoms with van der Waals surface area (Å²) in [5, 5.41) is 7.62. The van der Waals surface area contributed by atoms with Crippen LogP contribution in [0.1, 0.15) is 5.56 Å². The van der Waals surface area contributed by atoms with Crippen LogP contribution in [-0.2, 0) is 0 Å². The SMILES string of the molecule is Cc1cc2[nH]nc(N)c2cc1-c1ccccc1F. The Kier molecular flexibility index (Phi) is 2.30. The predicted molar refractivity (Wildman–Crippen MR) is 70.6 cm³/mol. The number of fused-ring (bicyclic) bond motifs is 1. The molecule has 0 aliphatic rings. The van der Waals surface area contributed by atoms with Crippen molar-refractivity contribution in [1.29, 1.82) is 0 Å². The van der Waals surface area contributed by atoms with Gasteiger partial charge < -0.3 is 5.73 Å². The van der Waals surface area contributed by atoms with E-state index in [0.29, 0.717) is 11.4 Å². The van der Waals surface area contributed by atoms with Gasteiger partial charge in [0.05, 0.1) is 5.52 Å². The molecule has 0 aliphatic carbocycles. The summed E-state index contributed by atoms with van der Waals surface area (Å²) in [4.78, 5) is 0. The second-order valence-electron chi connectivity index (χ2n) is 4.30. The first-order valence-corrected chi connectivity index (χ1v) is 5.66. The number of benzene rings is 2. The lowest BCUT2D eigenvalue weighted by atomic mass is 9.98. The average molecular weight is 241 g/mol. The summed E-state index contributed by atoms with van der Waals surface area (Å²) < 4.78 is 13.8. The highest BCUT2D eigenvalue weighted by Crippen LogP contribution is 2.31. The quantitative estimate of drug-likeness (QED) is 0.687. The van der Waals surface area contributed by atoms with Crippen molar-refractivity contribution in [2.24, 2.45) is 0 Å². The van der Waals surface area contributed by atoms with Gasteiger partial charge >= 0.3 is 0 Å². The molecule has 0 spiro atoms. The third-order valence-electron chi connectivity index (χ3n) is 3.10. The Labute approximate surface area is 103 Å². The van der Waals surface area contributed by atoms with Gasteiger partial charge in [0.2, 0.25) is 0 Å². The van der Waals surface area contributed by atoms with Crippen LogP contribution < -0.4 is 5.73 Å². The molecule has 0 unspecified atom stereocenters. The second-order valence-corrected chi connectivity index (χ2v) is 4.30. The zero-order valence-corrected chi connectivity index (χ0v) is 9.87. The number of nitrogens with one attached hydrogen (secondary N) is 1. The van der Waals surface area contributed by atoms with E-state index in [1.54, 1.807) is 12.1 Å². The second kappa shape index (κ2) is 3.84. The van der Waals surface area contributed by atoms with Gasteiger partial charge in [0, 0.05) is 10.9 Å². The van der Waals surface area contributed by atoms with E-state index in [-0.39, 0.29) is 5.82 Å². The van der Waals surface area contributed by atoms with Crippen molar-refractivity contribution in [3.05, 3.63) is 47.8 Å². The smallest absolute Gasteiger partial charge is 0.153 e. The molecule has 0 aliphatic heterocycles. The lowest BCUT2D eigenvalue weighted by Crippen LogP contribution is -1.89. The molecule has 1 aromatic heterocycles. The number of anilines is 1. The van der Waals surface area contributed by atoms with Gasteiger partial charge in [-0.1, -0.05) is 18.2 Å². The van der Waals surface area contributed by atoms with Crippen LogP contribution in [0.25, 0.3) is 22.0 Å². The number of hydrogen-bond donors (Lipinski definition) is 2. The first-order valence-electron chi connectivity index (χ1n) is 5.66. The lowest BCUT2D eigenvalue weighted by Gasteiger charge is -2.07. The Bertz CT molecular complexity index is 731. The van der Waals surface area contributed by atoms with E-state index < -0.39 is 0 Å². The van der Waals surface area contributed by atoms with Crippen molar-refractivity contribution in [3.63, 3.8) is 0 Å². The zero-order chi connectivity index (χ0) is 12.7. The number of aromatic nitrogens is 2. The van der Waals surface area contributed by atoms with E-state index in [0.717, 1.165) is 22.0 Å². The summed E-state index contributed by atoms with van der Waals surface area (Å²) in [5.74, 6) is 0.199. The fourth-order valence-corrected chi connectivity index (χ4v) is 2.16. The van der Waals surface area contributed by atoms with Crippen molar-refractivity contribution in [2.75, 3.05) is 5.73 Å². The standard InChI is InChI=1S/C14H12FN3/c1-8-6-13-11(14(16)18-17-13)7-10(8)9-4-2-3-5-12(9)15/h2-7H,1H3,(H3,16,17,18). The number of nitrogens with zero attached hydrogens (tertiary/aromatic N) is 1. The van der Waals surface area contributed by atoms with E-state index in [4.69, 9.17) is 5.73 Å². The van der Waals surface area contributed by atoms with Crippen LogP contribution in [0.4, 0.5) is 10.2 Å². The van der Waals surface area contributed by atoms with Gasteiger partial charge in [-0.25, -0.2) is 4.39 Å². The van der Waals surface area contributed by atoms with Crippen molar-refractivity contribution < 1.29 is 4.39 Å². The Morgan fingerprint density at radius 3 is 2.72 bits per heavy atom. The molecule has 2 aromatic carbocycles. The van der Waals surface area contributed by atoms with Crippen molar-refractivity contribution in [1.82, 2.24) is 10.2 Å². The van der Waals surface area contributed by atoms with E-state index in [9.17, 15) is 4.39 Å². The van der Waals surface area contributed by atoms with Gasteiger partial charge in [0.15, 0.2) is 5.82 Å². The Morgan fingerprint density at radius 2 is 1.94 bits per heavy atom. The van der Waals surface area contributed by atoms with E-state index in [1.807, 2.05) is 25.1 Å². The summed E-state index contributed by atoms with van der Waals surface area (Å²) in [6, 6.07) is 10.5. The van der Waals surface area contributed by atoms with Gasteiger partial charge in [-0.15, -0.1) is 0 Å². The van der Waals surface area contributed by atoms with E-state index in [1.165, 1.54) is 6.07 Å². The molecule has 0 bridgehead atoms. The molecular weight excluding hydrogens is 229 g/mol. The molecule has 0 atom stereocenters. The van der Waals surface area contributed by atoms with Gasteiger partial charge in [-0.05, 0) is 36.2 Å². The topological polar surface area (TPSA) is 54.7 Å². The van der Waals surface area contributed by atoms with Crippen LogP contribution in [0.2, 0.25) is 0 Å². The maximum absolute atomic E-state index is 13.8. The minimum atomic E-state index is -0.234. The minimum Gasteiger partial charge on any atom is -0.382 e. The third kappa shape index (κ3) is 1.54. The van der Waals surface area contributed by atoms with Crippen LogP contribution in [0.15, 0.2) is 36.4 Å². The summed E-state index contributed by atoms with van der Waals surface area (Å²) in [5.41, 5.74) is 9.05. The first kappa shape index (κ1) is 10.8. The molecule has 90 valence electrons.